The average molecular weight is 459 g/mol. The molecule has 31 heavy (non-hydrogen) atoms. The first-order valence-corrected chi connectivity index (χ1v) is 15.8. The number of hydrogen-bond acceptors (Lipinski definition) is 3. The molecule has 0 radical (unpaired) electrons. The SMILES string of the molecule is CCCCCCCCCCCCCCCCCC[Si](OC(C)C)(OC(C)C)OC(C)C. The molecule has 3 nitrogen and oxygen atoms in total. The second-order valence-corrected chi connectivity index (χ2v) is 12.8. The van der Waals surface area contributed by atoms with Gasteiger partial charge in [0.1, 0.15) is 0 Å². The van der Waals surface area contributed by atoms with Crippen LogP contribution in [0.25, 0.3) is 0 Å². The summed E-state index contributed by atoms with van der Waals surface area (Å²) in [6.45, 7) is 14.8. The number of hydrogen-bond donors (Lipinski definition) is 0. The summed E-state index contributed by atoms with van der Waals surface area (Å²) in [5, 5.41) is 0. The van der Waals surface area contributed by atoms with Crippen LogP contribution in [-0.4, -0.2) is 27.1 Å². The summed E-state index contributed by atoms with van der Waals surface area (Å²) in [7, 11) is -2.59. The van der Waals surface area contributed by atoms with Gasteiger partial charge in [0.25, 0.3) is 0 Å². The maximum Gasteiger partial charge on any atom is 0.501 e. The molecule has 0 bridgehead atoms. The van der Waals surface area contributed by atoms with Crippen molar-refractivity contribution in [1.82, 2.24) is 0 Å². The molecular weight excluding hydrogens is 400 g/mol. The Balaban J connectivity index is 3.78. The third-order valence-electron chi connectivity index (χ3n) is 5.58. The predicted octanol–water partition coefficient (Wildman–Crippen LogP) is 9.46. The molecule has 0 saturated heterocycles. The molecule has 0 aromatic carbocycles. The maximum absolute atomic E-state index is 6.28. The van der Waals surface area contributed by atoms with Crippen molar-refractivity contribution in [2.24, 2.45) is 0 Å². The van der Waals surface area contributed by atoms with Gasteiger partial charge in [-0.2, -0.15) is 0 Å². The summed E-state index contributed by atoms with van der Waals surface area (Å²) in [6.07, 6.45) is 22.7. The van der Waals surface area contributed by atoms with Crippen molar-refractivity contribution >= 4 is 8.80 Å². The lowest BCUT2D eigenvalue weighted by Gasteiger charge is -2.34. The van der Waals surface area contributed by atoms with Crippen LogP contribution in [0.4, 0.5) is 0 Å². The van der Waals surface area contributed by atoms with Crippen LogP contribution in [0.15, 0.2) is 0 Å². The van der Waals surface area contributed by atoms with E-state index in [0.29, 0.717) is 0 Å². The molecule has 0 N–H and O–H groups in total. The summed E-state index contributed by atoms with van der Waals surface area (Å²) in [5.74, 6) is 0. The Kier molecular flexibility index (Phi) is 20.8. The first-order valence-electron chi connectivity index (χ1n) is 13.8. The molecular formula is C27H58O3Si. The zero-order chi connectivity index (χ0) is 23.4. The van der Waals surface area contributed by atoms with Crippen LogP contribution in [0.1, 0.15) is 151 Å². The van der Waals surface area contributed by atoms with Gasteiger partial charge in [0.15, 0.2) is 0 Å². The second-order valence-electron chi connectivity index (χ2n) is 10.2. The Morgan fingerprint density at radius 1 is 0.419 bits per heavy atom. The minimum Gasteiger partial charge on any atom is -0.371 e. The Hall–Kier alpha value is 0.0969. The minimum atomic E-state index is -2.59. The molecule has 0 aliphatic heterocycles. The van der Waals surface area contributed by atoms with Crippen LogP contribution in [0.5, 0.6) is 0 Å². The topological polar surface area (TPSA) is 27.7 Å². The molecule has 0 spiro atoms. The Morgan fingerprint density at radius 3 is 0.935 bits per heavy atom. The van der Waals surface area contributed by atoms with E-state index in [9.17, 15) is 0 Å². The van der Waals surface area contributed by atoms with E-state index in [0.717, 1.165) is 12.5 Å². The van der Waals surface area contributed by atoms with E-state index in [2.05, 4.69) is 48.5 Å². The lowest BCUT2D eigenvalue weighted by molar-refractivity contribution is 0.00278. The Labute approximate surface area is 197 Å². The van der Waals surface area contributed by atoms with Crippen molar-refractivity contribution < 1.29 is 13.3 Å². The van der Waals surface area contributed by atoms with E-state index in [1.54, 1.807) is 0 Å². The fraction of sp³-hybridized carbons (Fsp3) is 1.00. The van der Waals surface area contributed by atoms with Gasteiger partial charge in [-0.1, -0.05) is 103 Å². The van der Waals surface area contributed by atoms with E-state index in [1.807, 2.05) is 0 Å². The summed E-state index contributed by atoms with van der Waals surface area (Å²) in [4.78, 5) is 0. The van der Waals surface area contributed by atoms with Gasteiger partial charge in [0.05, 0.1) is 0 Å². The van der Waals surface area contributed by atoms with Crippen LogP contribution in [0, 0.1) is 0 Å². The van der Waals surface area contributed by atoms with Gasteiger partial charge in [0, 0.05) is 24.4 Å². The van der Waals surface area contributed by atoms with Crippen LogP contribution < -0.4 is 0 Å². The first-order chi connectivity index (χ1) is 14.8. The molecule has 0 fully saturated rings. The Morgan fingerprint density at radius 2 is 0.677 bits per heavy atom. The smallest absolute Gasteiger partial charge is 0.371 e. The number of unbranched alkanes of at least 4 members (excludes halogenated alkanes) is 15. The molecule has 4 heteroatoms. The molecule has 0 heterocycles. The van der Waals surface area contributed by atoms with E-state index in [4.69, 9.17) is 13.3 Å². The highest BCUT2D eigenvalue weighted by Crippen LogP contribution is 2.25. The van der Waals surface area contributed by atoms with Crippen molar-refractivity contribution in [3.8, 4) is 0 Å². The average Bonchev–Trinajstić information content (AvgIpc) is 2.66. The summed E-state index contributed by atoms with van der Waals surface area (Å²) < 4.78 is 18.8. The zero-order valence-electron chi connectivity index (χ0n) is 22.5. The number of rotatable bonds is 23. The third-order valence-corrected chi connectivity index (χ3v) is 9.04. The largest absolute Gasteiger partial charge is 0.501 e. The molecule has 188 valence electrons. The minimum absolute atomic E-state index is 0.144. The van der Waals surface area contributed by atoms with Crippen molar-refractivity contribution in [1.29, 1.82) is 0 Å². The molecule has 0 atom stereocenters. The van der Waals surface area contributed by atoms with Crippen LogP contribution in [0.2, 0.25) is 6.04 Å². The molecule has 0 amide bonds. The van der Waals surface area contributed by atoms with E-state index >= 15 is 0 Å². The van der Waals surface area contributed by atoms with Crippen molar-refractivity contribution in [2.75, 3.05) is 0 Å². The second kappa shape index (κ2) is 20.7. The standard InChI is InChI=1S/C27H58O3Si/c1-8-9-10-11-12-13-14-15-16-17-18-19-20-21-22-23-24-31(28-25(2)3,29-26(4)5)30-27(6)7/h25-27H,8-24H2,1-7H3. The highest BCUT2D eigenvalue weighted by atomic mass is 28.4. The Bertz CT molecular complexity index is 345. The van der Waals surface area contributed by atoms with Crippen molar-refractivity contribution in [2.45, 2.75) is 176 Å². The molecule has 0 aromatic heterocycles. The molecule has 0 aliphatic carbocycles. The monoisotopic (exact) mass is 458 g/mol. The van der Waals surface area contributed by atoms with Gasteiger partial charge >= 0.3 is 8.80 Å². The zero-order valence-corrected chi connectivity index (χ0v) is 23.5. The maximum atomic E-state index is 6.28. The molecule has 0 saturated carbocycles. The van der Waals surface area contributed by atoms with E-state index < -0.39 is 8.80 Å². The van der Waals surface area contributed by atoms with Crippen LogP contribution in [0.3, 0.4) is 0 Å². The highest BCUT2D eigenvalue weighted by Gasteiger charge is 2.43. The van der Waals surface area contributed by atoms with Crippen molar-refractivity contribution in [3.63, 3.8) is 0 Å². The summed E-state index contributed by atoms with van der Waals surface area (Å²) in [5.41, 5.74) is 0. The summed E-state index contributed by atoms with van der Waals surface area (Å²) in [6, 6.07) is 0.944. The lowest BCUT2D eigenvalue weighted by atomic mass is 10.0. The predicted molar refractivity (Wildman–Crippen MR) is 139 cm³/mol. The molecule has 0 rings (SSSR count). The molecule has 0 aliphatic rings. The highest BCUT2D eigenvalue weighted by molar-refractivity contribution is 6.60. The van der Waals surface area contributed by atoms with Gasteiger partial charge in [-0.15, -0.1) is 0 Å². The van der Waals surface area contributed by atoms with Crippen LogP contribution in [-0.2, 0) is 13.3 Å². The lowest BCUT2D eigenvalue weighted by Crippen LogP contribution is -2.50. The van der Waals surface area contributed by atoms with E-state index in [-0.39, 0.29) is 18.3 Å². The van der Waals surface area contributed by atoms with Gasteiger partial charge in [-0.25, -0.2) is 0 Å². The first kappa shape index (κ1) is 31.1. The van der Waals surface area contributed by atoms with E-state index in [1.165, 1.54) is 96.3 Å². The normalized spacial score (nSPS) is 12.6. The van der Waals surface area contributed by atoms with Crippen LogP contribution >= 0.6 is 0 Å². The van der Waals surface area contributed by atoms with Crippen molar-refractivity contribution in [3.05, 3.63) is 0 Å². The summed E-state index contributed by atoms with van der Waals surface area (Å²) >= 11 is 0. The quantitative estimate of drug-likeness (QED) is 0.113. The van der Waals surface area contributed by atoms with Gasteiger partial charge < -0.3 is 13.3 Å². The van der Waals surface area contributed by atoms with Gasteiger partial charge in [-0.3, -0.25) is 0 Å². The molecule has 0 unspecified atom stereocenters. The fourth-order valence-corrected chi connectivity index (χ4v) is 7.58. The fourth-order valence-electron chi connectivity index (χ4n) is 4.23. The molecule has 0 aromatic rings. The third kappa shape index (κ3) is 20.4. The van der Waals surface area contributed by atoms with Gasteiger partial charge in [-0.05, 0) is 48.0 Å². The van der Waals surface area contributed by atoms with Gasteiger partial charge in [0.2, 0.25) is 0 Å².